The molecule has 0 aliphatic rings. The van der Waals surface area contributed by atoms with Crippen molar-refractivity contribution in [2.24, 2.45) is 0 Å². The molecule has 0 bridgehead atoms. The predicted molar refractivity (Wildman–Crippen MR) is 69.2 cm³/mol. The van der Waals surface area contributed by atoms with Gasteiger partial charge >= 0.3 is 0 Å². The second-order valence-electron chi connectivity index (χ2n) is 3.97. The van der Waals surface area contributed by atoms with Crippen LogP contribution in [0.15, 0.2) is 34.9 Å². The van der Waals surface area contributed by atoms with Crippen molar-refractivity contribution >= 4 is 21.7 Å². The number of nitrogen functional groups attached to an aromatic ring is 1. The highest BCUT2D eigenvalue weighted by Crippen LogP contribution is 2.24. The number of rotatable bonds is 3. The molecule has 5 heteroatoms. The second-order valence-corrected chi connectivity index (χ2v) is 4.82. The van der Waals surface area contributed by atoms with Crippen LogP contribution in [0.2, 0.25) is 0 Å². The molecule has 1 heterocycles. The molecule has 1 aromatic heterocycles. The zero-order chi connectivity index (χ0) is 12.4. The van der Waals surface area contributed by atoms with Gasteiger partial charge in [-0.1, -0.05) is 18.2 Å². The van der Waals surface area contributed by atoms with E-state index in [1.54, 1.807) is 23.0 Å². The number of hydrogen-bond acceptors (Lipinski definition) is 2. The molecule has 2 aromatic rings. The maximum absolute atomic E-state index is 13.5. The fourth-order valence-corrected chi connectivity index (χ4v) is 2.04. The number of nitrogens with two attached hydrogens (primary N) is 1. The van der Waals surface area contributed by atoms with Crippen LogP contribution in [0, 0.1) is 5.82 Å². The van der Waals surface area contributed by atoms with Crippen LogP contribution >= 0.6 is 15.9 Å². The van der Waals surface area contributed by atoms with Crippen LogP contribution in [0.1, 0.15) is 18.5 Å². The lowest BCUT2D eigenvalue weighted by molar-refractivity contribution is 0.483. The van der Waals surface area contributed by atoms with Crippen molar-refractivity contribution in [3.8, 4) is 0 Å². The van der Waals surface area contributed by atoms with Crippen LogP contribution in [0.3, 0.4) is 0 Å². The molecule has 2 N–H and O–H groups in total. The summed E-state index contributed by atoms with van der Waals surface area (Å²) >= 11 is 3.30. The van der Waals surface area contributed by atoms with Crippen LogP contribution < -0.4 is 5.73 Å². The van der Waals surface area contributed by atoms with Gasteiger partial charge in [0.05, 0.1) is 16.7 Å². The number of aromatic nitrogens is 2. The van der Waals surface area contributed by atoms with Crippen molar-refractivity contribution in [3.05, 3.63) is 46.3 Å². The number of benzene rings is 1. The van der Waals surface area contributed by atoms with E-state index < -0.39 is 0 Å². The molecule has 0 saturated heterocycles. The van der Waals surface area contributed by atoms with Gasteiger partial charge in [0.15, 0.2) is 0 Å². The van der Waals surface area contributed by atoms with Gasteiger partial charge in [0.25, 0.3) is 0 Å². The molecule has 0 aliphatic carbocycles. The summed E-state index contributed by atoms with van der Waals surface area (Å²) in [5.41, 5.74) is 6.53. The molecule has 0 saturated carbocycles. The fraction of sp³-hybridized carbons (Fsp3) is 0.250. The fourth-order valence-electron chi connectivity index (χ4n) is 1.77. The monoisotopic (exact) mass is 297 g/mol. The van der Waals surface area contributed by atoms with Gasteiger partial charge in [0.2, 0.25) is 0 Å². The van der Waals surface area contributed by atoms with Gasteiger partial charge in [0, 0.05) is 0 Å². The number of anilines is 1. The van der Waals surface area contributed by atoms with Crippen LogP contribution in [0.25, 0.3) is 0 Å². The molecule has 2 rings (SSSR count). The molecule has 0 fully saturated rings. The summed E-state index contributed by atoms with van der Waals surface area (Å²) < 4.78 is 16.0. The Bertz CT molecular complexity index is 524. The molecule has 0 spiro atoms. The van der Waals surface area contributed by atoms with Gasteiger partial charge in [-0.05, 0) is 40.9 Å². The lowest BCUT2D eigenvalue weighted by Crippen LogP contribution is -2.13. The quantitative estimate of drug-likeness (QED) is 0.946. The van der Waals surface area contributed by atoms with Gasteiger partial charge in [-0.3, -0.25) is 0 Å². The topological polar surface area (TPSA) is 43.8 Å². The van der Waals surface area contributed by atoms with E-state index in [9.17, 15) is 4.39 Å². The molecule has 90 valence electrons. The second kappa shape index (κ2) is 4.87. The minimum absolute atomic E-state index is 0.0122. The van der Waals surface area contributed by atoms with Crippen LogP contribution in [0.5, 0.6) is 0 Å². The molecular formula is C12H13BrFN3. The van der Waals surface area contributed by atoms with Crippen LogP contribution in [0.4, 0.5) is 10.2 Å². The summed E-state index contributed by atoms with van der Waals surface area (Å²) in [6.07, 6.45) is 2.21. The lowest BCUT2D eigenvalue weighted by atomic mass is 10.1. The van der Waals surface area contributed by atoms with E-state index in [4.69, 9.17) is 5.73 Å². The zero-order valence-corrected chi connectivity index (χ0v) is 11.0. The van der Waals surface area contributed by atoms with Crippen LogP contribution in [-0.4, -0.2) is 9.78 Å². The Labute approximate surface area is 108 Å². The summed E-state index contributed by atoms with van der Waals surface area (Å²) in [6, 6.07) is 6.76. The highest BCUT2D eigenvalue weighted by Gasteiger charge is 2.13. The van der Waals surface area contributed by atoms with E-state index in [0.29, 0.717) is 17.8 Å². The first-order chi connectivity index (χ1) is 8.09. The van der Waals surface area contributed by atoms with E-state index in [1.807, 2.05) is 13.0 Å². The third-order valence-corrected chi connectivity index (χ3v) is 3.29. The SMILES string of the molecule is CC(Cc1ccccc1F)n1ncc(Br)c1N. The Hall–Kier alpha value is -1.36. The Kier molecular flexibility index (Phi) is 3.47. The zero-order valence-electron chi connectivity index (χ0n) is 9.40. The van der Waals surface area contributed by atoms with Gasteiger partial charge < -0.3 is 5.73 Å². The number of hydrogen-bond donors (Lipinski definition) is 1. The van der Waals surface area contributed by atoms with Crippen molar-refractivity contribution < 1.29 is 4.39 Å². The molecule has 1 aromatic carbocycles. The normalized spacial score (nSPS) is 12.6. The standard InChI is InChI=1S/C12H13BrFN3/c1-8(17-12(15)10(13)7-16-17)6-9-4-2-3-5-11(9)14/h2-5,7-8H,6,15H2,1H3. The Balaban J connectivity index is 2.20. The smallest absolute Gasteiger partial charge is 0.136 e. The summed E-state index contributed by atoms with van der Waals surface area (Å²) in [5.74, 6) is 0.373. The summed E-state index contributed by atoms with van der Waals surface area (Å²) in [5, 5.41) is 4.16. The largest absolute Gasteiger partial charge is 0.383 e. The maximum Gasteiger partial charge on any atom is 0.136 e. The van der Waals surface area contributed by atoms with E-state index in [1.165, 1.54) is 6.07 Å². The molecule has 3 nitrogen and oxygen atoms in total. The highest BCUT2D eigenvalue weighted by atomic mass is 79.9. The lowest BCUT2D eigenvalue weighted by Gasteiger charge is -2.14. The van der Waals surface area contributed by atoms with E-state index >= 15 is 0 Å². The predicted octanol–water partition coefficient (Wildman–Crippen LogP) is 3.17. The Morgan fingerprint density at radius 2 is 2.18 bits per heavy atom. The summed E-state index contributed by atoms with van der Waals surface area (Å²) in [6.45, 7) is 1.96. The third kappa shape index (κ3) is 2.49. The third-order valence-electron chi connectivity index (χ3n) is 2.68. The first-order valence-electron chi connectivity index (χ1n) is 5.31. The van der Waals surface area contributed by atoms with E-state index in [2.05, 4.69) is 21.0 Å². The summed E-state index contributed by atoms with van der Waals surface area (Å²) in [7, 11) is 0. The van der Waals surface area contributed by atoms with Gasteiger partial charge in [-0.15, -0.1) is 0 Å². The Morgan fingerprint density at radius 1 is 1.47 bits per heavy atom. The molecule has 0 aliphatic heterocycles. The number of nitrogens with zero attached hydrogens (tertiary/aromatic N) is 2. The minimum atomic E-state index is -0.191. The van der Waals surface area contributed by atoms with Crippen molar-refractivity contribution in [3.63, 3.8) is 0 Å². The molecule has 0 radical (unpaired) electrons. The van der Waals surface area contributed by atoms with E-state index in [0.717, 1.165) is 4.47 Å². The molecular weight excluding hydrogens is 285 g/mol. The average molecular weight is 298 g/mol. The van der Waals surface area contributed by atoms with Gasteiger partial charge in [-0.2, -0.15) is 5.10 Å². The summed E-state index contributed by atoms with van der Waals surface area (Å²) in [4.78, 5) is 0. The minimum Gasteiger partial charge on any atom is -0.383 e. The van der Waals surface area contributed by atoms with Crippen molar-refractivity contribution in [2.75, 3.05) is 5.73 Å². The molecule has 1 atom stereocenters. The molecule has 0 amide bonds. The van der Waals surface area contributed by atoms with Crippen molar-refractivity contribution in [1.29, 1.82) is 0 Å². The maximum atomic E-state index is 13.5. The van der Waals surface area contributed by atoms with Crippen molar-refractivity contribution in [1.82, 2.24) is 9.78 Å². The molecule has 1 unspecified atom stereocenters. The van der Waals surface area contributed by atoms with Crippen LogP contribution in [-0.2, 0) is 6.42 Å². The first kappa shape index (κ1) is 12.1. The van der Waals surface area contributed by atoms with Crippen molar-refractivity contribution in [2.45, 2.75) is 19.4 Å². The van der Waals surface area contributed by atoms with E-state index in [-0.39, 0.29) is 11.9 Å². The Morgan fingerprint density at radius 3 is 2.76 bits per heavy atom. The molecule has 17 heavy (non-hydrogen) atoms. The van der Waals surface area contributed by atoms with Gasteiger partial charge in [-0.25, -0.2) is 9.07 Å². The average Bonchev–Trinajstić information content (AvgIpc) is 2.63. The highest BCUT2D eigenvalue weighted by molar-refractivity contribution is 9.10. The van der Waals surface area contributed by atoms with Gasteiger partial charge in [0.1, 0.15) is 11.6 Å². The number of halogens is 2. The first-order valence-corrected chi connectivity index (χ1v) is 6.10.